The summed E-state index contributed by atoms with van der Waals surface area (Å²) in [7, 11) is 0. The first-order valence-corrected chi connectivity index (χ1v) is 8.51. The number of aromatic nitrogens is 4. The first-order chi connectivity index (χ1) is 14.6. The van der Waals surface area contributed by atoms with Gasteiger partial charge in [-0.1, -0.05) is 0 Å². The Kier molecular flexibility index (Phi) is 5.47. The number of nitrogen functional groups attached to an aromatic ring is 1. The summed E-state index contributed by atoms with van der Waals surface area (Å²) < 4.78 is 47.0. The van der Waals surface area contributed by atoms with E-state index >= 15 is 0 Å². The van der Waals surface area contributed by atoms with Crippen molar-refractivity contribution in [2.75, 3.05) is 12.3 Å². The van der Waals surface area contributed by atoms with Crippen LogP contribution in [0.1, 0.15) is 33.3 Å². The molecule has 162 valence electrons. The molecular formula is C17H13F3N6O5. The van der Waals surface area contributed by atoms with Crippen molar-refractivity contribution < 1.29 is 32.4 Å². The minimum absolute atomic E-state index is 0.0115. The molecular weight excluding hydrogens is 425 g/mol. The summed E-state index contributed by atoms with van der Waals surface area (Å²) in [5.74, 6) is -2.68. The number of anilines is 1. The van der Waals surface area contributed by atoms with E-state index < -0.39 is 40.1 Å². The van der Waals surface area contributed by atoms with Crippen LogP contribution in [0.2, 0.25) is 0 Å². The summed E-state index contributed by atoms with van der Waals surface area (Å²) in [4.78, 5) is 34.6. The lowest BCUT2D eigenvalue weighted by Crippen LogP contribution is -2.22. The van der Waals surface area contributed by atoms with E-state index in [1.54, 1.807) is 0 Å². The molecule has 0 bridgehead atoms. The van der Waals surface area contributed by atoms with Gasteiger partial charge in [0.25, 0.3) is 11.6 Å². The van der Waals surface area contributed by atoms with Gasteiger partial charge in [-0.15, -0.1) is 0 Å². The average Bonchev–Trinajstić information content (AvgIpc) is 3.32. The first-order valence-electron chi connectivity index (χ1n) is 8.51. The number of benzene rings is 1. The minimum atomic E-state index is -5.03. The molecule has 0 aliphatic carbocycles. The van der Waals surface area contributed by atoms with Gasteiger partial charge in [0.05, 0.1) is 35.2 Å². The van der Waals surface area contributed by atoms with Crippen LogP contribution < -0.4 is 5.73 Å². The van der Waals surface area contributed by atoms with Crippen molar-refractivity contribution >= 4 is 23.4 Å². The highest BCUT2D eigenvalue weighted by molar-refractivity contribution is 6.02. The Morgan fingerprint density at radius 2 is 1.77 bits per heavy atom. The van der Waals surface area contributed by atoms with Crippen molar-refractivity contribution in [1.29, 1.82) is 0 Å². The quantitative estimate of drug-likeness (QED) is 0.363. The highest BCUT2D eigenvalue weighted by Gasteiger charge is 2.41. The molecule has 1 aromatic carbocycles. The van der Waals surface area contributed by atoms with E-state index in [9.17, 15) is 32.9 Å². The molecule has 31 heavy (non-hydrogen) atoms. The van der Waals surface area contributed by atoms with E-state index in [0.717, 1.165) is 30.5 Å². The van der Waals surface area contributed by atoms with E-state index in [4.69, 9.17) is 10.5 Å². The second-order valence-corrected chi connectivity index (χ2v) is 5.97. The molecule has 0 radical (unpaired) electrons. The SMILES string of the molecule is CCOC(=O)c1cnn(C(=O)c2cnn(-c3ccc([N+](=O)[O-])cc3)c2C(F)(F)F)c1N. The second-order valence-electron chi connectivity index (χ2n) is 5.97. The second kappa shape index (κ2) is 7.89. The number of carbonyl (C=O) groups is 2. The number of rotatable bonds is 5. The van der Waals surface area contributed by atoms with Gasteiger partial charge in [-0.05, 0) is 19.1 Å². The summed E-state index contributed by atoms with van der Waals surface area (Å²) in [5, 5.41) is 18.0. The van der Waals surface area contributed by atoms with Crippen molar-refractivity contribution in [3.05, 3.63) is 63.6 Å². The number of halogens is 3. The van der Waals surface area contributed by atoms with Gasteiger partial charge in [-0.2, -0.15) is 28.1 Å². The molecule has 2 N–H and O–H groups in total. The predicted octanol–water partition coefficient (Wildman–Crippen LogP) is 2.44. The third kappa shape index (κ3) is 3.94. The van der Waals surface area contributed by atoms with Crippen molar-refractivity contribution in [1.82, 2.24) is 19.6 Å². The van der Waals surface area contributed by atoms with Gasteiger partial charge < -0.3 is 10.5 Å². The van der Waals surface area contributed by atoms with E-state index in [0.29, 0.717) is 15.6 Å². The molecule has 0 saturated carbocycles. The maximum Gasteiger partial charge on any atom is 0.434 e. The Hall–Kier alpha value is -4.23. The number of nitro groups is 1. The number of alkyl halides is 3. The van der Waals surface area contributed by atoms with Crippen LogP contribution in [0, 0.1) is 10.1 Å². The molecule has 11 nitrogen and oxygen atoms in total. The number of nitro benzene ring substituents is 1. The Labute approximate surface area is 171 Å². The molecule has 0 fully saturated rings. The van der Waals surface area contributed by atoms with Crippen LogP contribution >= 0.6 is 0 Å². The van der Waals surface area contributed by atoms with Crippen molar-refractivity contribution in [2.45, 2.75) is 13.1 Å². The number of non-ortho nitro benzene ring substituents is 1. The number of nitrogens with two attached hydrogens (primary N) is 1. The lowest BCUT2D eigenvalue weighted by Gasteiger charge is -2.12. The Morgan fingerprint density at radius 3 is 2.32 bits per heavy atom. The topological polar surface area (TPSA) is 148 Å². The van der Waals surface area contributed by atoms with Crippen molar-refractivity contribution in [2.24, 2.45) is 0 Å². The first kappa shape index (κ1) is 21.5. The zero-order chi connectivity index (χ0) is 22.9. The Bertz CT molecular complexity index is 1170. The largest absolute Gasteiger partial charge is 0.462 e. The number of carbonyl (C=O) groups excluding carboxylic acids is 2. The number of ether oxygens (including phenoxy) is 1. The summed E-state index contributed by atoms with van der Waals surface area (Å²) in [6.45, 7) is 1.55. The van der Waals surface area contributed by atoms with Gasteiger partial charge >= 0.3 is 12.1 Å². The number of hydrogen-bond acceptors (Lipinski definition) is 8. The van der Waals surface area contributed by atoms with Gasteiger partial charge in [0.15, 0.2) is 5.69 Å². The summed E-state index contributed by atoms with van der Waals surface area (Å²) in [6, 6.07) is 4.09. The summed E-state index contributed by atoms with van der Waals surface area (Å²) >= 11 is 0. The van der Waals surface area contributed by atoms with E-state index in [1.165, 1.54) is 6.92 Å². The molecule has 0 aliphatic heterocycles. The maximum absolute atomic E-state index is 13.8. The van der Waals surface area contributed by atoms with Crippen LogP contribution in [0.15, 0.2) is 36.7 Å². The van der Waals surface area contributed by atoms with Crippen LogP contribution in [0.25, 0.3) is 5.69 Å². The van der Waals surface area contributed by atoms with Gasteiger partial charge in [0.1, 0.15) is 11.4 Å². The molecule has 0 unspecified atom stereocenters. The normalized spacial score (nSPS) is 11.4. The molecule has 2 aromatic heterocycles. The minimum Gasteiger partial charge on any atom is -0.462 e. The maximum atomic E-state index is 13.8. The van der Waals surface area contributed by atoms with Gasteiger partial charge in [-0.3, -0.25) is 14.9 Å². The fourth-order valence-corrected chi connectivity index (χ4v) is 2.69. The Balaban J connectivity index is 2.08. The van der Waals surface area contributed by atoms with Gasteiger partial charge in [-0.25, -0.2) is 9.48 Å². The van der Waals surface area contributed by atoms with Crippen LogP contribution in [-0.4, -0.2) is 43.0 Å². The standard InChI is InChI=1S/C17H13F3N6O5/c1-2-31-16(28)12-8-23-25(14(12)21)15(27)11-7-22-24(13(11)17(18,19)20)9-3-5-10(6-4-9)26(29)30/h3-8H,2,21H2,1H3. The molecule has 0 spiro atoms. The van der Waals surface area contributed by atoms with Gasteiger partial charge in [0, 0.05) is 12.1 Å². The third-order valence-corrected chi connectivity index (χ3v) is 4.07. The van der Waals surface area contributed by atoms with Crippen molar-refractivity contribution in [3.63, 3.8) is 0 Å². The Morgan fingerprint density at radius 1 is 1.16 bits per heavy atom. The summed E-state index contributed by atoms with van der Waals surface area (Å²) in [5.41, 5.74) is 2.57. The lowest BCUT2D eigenvalue weighted by atomic mass is 10.2. The van der Waals surface area contributed by atoms with Crippen LogP contribution in [0.5, 0.6) is 0 Å². The molecule has 0 amide bonds. The number of esters is 1. The molecule has 3 rings (SSSR count). The van der Waals surface area contributed by atoms with Crippen LogP contribution in [0.3, 0.4) is 0 Å². The van der Waals surface area contributed by atoms with E-state index in [1.807, 2.05) is 0 Å². The molecule has 14 heteroatoms. The average molecular weight is 438 g/mol. The van der Waals surface area contributed by atoms with E-state index in [2.05, 4.69) is 10.2 Å². The van der Waals surface area contributed by atoms with Crippen LogP contribution in [0.4, 0.5) is 24.7 Å². The zero-order valence-corrected chi connectivity index (χ0v) is 15.7. The van der Waals surface area contributed by atoms with Crippen LogP contribution in [-0.2, 0) is 10.9 Å². The highest BCUT2D eigenvalue weighted by atomic mass is 19.4. The molecule has 0 aliphatic rings. The fourth-order valence-electron chi connectivity index (χ4n) is 2.69. The van der Waals surface area contributed by atoms with Crippen molar-refractivity contribution in [3.8, 4) is 5.69 Å². The molecule has 3 aromatic rings. The number of hydrogen-bond donors (Lipinski definition) is 1. The smallest absolute Gasteiger partial charge is 0.434 e. The zero-order valence-electron chi connectivity index (χ0n) is 15.7. The fraction of sp³-hybridized carbons (Fsp3) is 0.176. The summed E-state index contributed by atoms with van der Waals surface area (Å²) in [6.07, 6.45) is -3.47. The van der Waals surface area contributed by atoms with Gasteiger partial charge in [0.2, 0.25) is 0 Å². The molecule has 0 saturated heterocycles. The monoisotopic (exact) mass is 438 g/mol. The molecule has 2 heterocycles. The van der Waals surface area contributed by atoms with E-state index in [-0.39, 0.29) is 23.5 Å². The third-order valence-electron chi connectivity index (χ3n) is 4.07. The predicted molar refractivity (Wildman–Crippen MR) is 97.5 cm³/mol. The molecule has 0 atom stereocenters. The lowest BCUT2D eigenvalue weighted by molar-refractivity contribution is -0.384. The highest BCUT2D eigenvalue weighted by Crippen LogP contribution is 2.34. The number of nitrogens with zero attached hydrogens (tertiary/aromatic N) is 5.